The molecule has 3 aromatic rings. The molecule has 4 heterocycles. The van der Waals surface area contributed by atoms with Crippen molar-refractivity contribution >= 4 is 39.7 Å². The molecule has 4 fully saturated rings. The van der Waals surface area contributed by atoms with Crippen molar-refractivity contribution in [1.29, 1.82) is 0 Å². The summed E-state index contributed by atoms with van der Waals surface area (Å²) in [5, 5.41) is 15.0. The van der Waals surface area contributed by atoms with E-state index >= 15 is 4.39 Å². The lowest BCUT2D eigenvalue weighted by molar-refractivity contribution is 0.0991. The molecule has 0 amide bonds. The number of nitrogens with one attached hydrogen (secondary N) is 1. The van der Waals surface area contributed by atoms with Gasteiger partial charge in [0.25, 0.3) is 5.92 Å². The molecule has 3 aliphatic heterocycles. The Hall–Kier alpha value is -3.70. The van der Waals surface area contributed by atoms with E-state index < -0.39 is 35.6 Å². The molecule has 4 atom stereocenters. The summed E-state index contributed by atoms with van der Waals surface area (Å²) >= 11 is -2.19. The molecule has 0 spiro atoms. The Morgan fingerprint density at radius 1 is 1.19 bits per heavy atom. The van der Waals surface area contributed by atoms with Crippen LogP contribution in [0, 0.1) is 23.6 Å². The zero-order chi connectivity index (χ0) is 32.8. The lowest BCUT2D eigenvalue weighted by Gasteiger charge is -2.37. The maximum absolute atomic E-state index is 15.1. The fraction of sp³-hybridized carbons (Fsp3) is 0.471. The Kier molecular flexibility index (Phi) is 7.11. The number of ether oxygens (including phenoxy) is 1. The molecular weight excluding hydrogens is 629 g/mol. The van der Waals surface area contributed by atoms with Gasteiger partial charge in [-0.3, -0.25) is 0 Å². The van der Waals surface area contributed by atoms with Crippen molar-refractivity contribution in [3.8, 4) is 24.1 Å². The summed E-state index contributed by atoms with van der Waals surface area (Å²) in [7, 11) is 4.04. The minimum absolute atomic E-state index is 0.00850. The highest BCUT2D eigenvalue weighted by Crippen LogP contribution is 2.54. The Balaban J connectivity index is 1.31. The average Bonchev–Trinajstić information content (AvgIpc) is 3.90. The second kappa shape index (κ2) is 10.9. The standard InChI is InChI=1S/C34H35F3N6O3S/c1-4-23-25(35)8-5-19-11-22(44)12-24(29(19)23)27-13-26-30(47(45)43(27)28-14-34(28,36)37)31(42-15-20-6-7-21(16-42)38-20)40-32(39-26)46-18-33(9-10-33)17-41(2)3/h1,5,8,11-13,20-21,28,38,44H,6-7,9-10,14-18H2,2-3H3. The van der Waals surface area contributed by atoms with E-state index in [1.165, 1.54) is 28.6 Å². The summed E-state index contributed by atoms with van der Waals surface area (Å²) in [5.41, 5.74) is 0.447. The molecule has 9 nitrogen and oxygen atoms in total. The summed E-state index contributed by atoms with van der Waals surface area (Å²) in [6, 6.07) is 4.60. The van der Waals surface area contributed by atoms with E-state index in [1.54, 1.807) is 6.08 Å². The van der Waals surface area contributed by atoms with Gasteiger partial charge in [0.1, 0.15) is 34.7 Å². The number of hydrogen-bond donors (Lipinski definition) is 2. The highest BCUT2D eigenvalue weighted by Gasteiger charge is 2.66. The summed E-state index contributed by atoms with van der Waals surface area (Å²) in [6.07, 6.45) is 10.8. The summed E-state index contributed by atoms with van der Waals surface area (Å²) in [5.74, 6) is -1.18. The van der Waals surface area contributed by atoms with Gasteiger partial charge in [-0.2, -0.15) is 14.3 Å². The predicted octanol–water partition coefficient (Wildman–Crippen LogP) is 4.36. The van der Waals surface area contributed by atoms with Crippen LogP contribution < -0.4 is 15.0 Å². The maximum atomic E-state index is 15.1. The van der Waals surface area contributed by atoms with Crippen LogP contribution in [0.15, 0.2) is 29.2 Å². The van der Waals surface area contributed by atoms with Crippen LogP contribution in [0.1, 0.15) is 48.9 Å². The number of phenolic OH excluding ortho intramolecular Hbond substituents is 1. The van der Waals surface area contributed by atoms with Crippen LogP contribution in [0.25, 0.3) is 22.5 Å². The summed E-state index contributed by atoms with van der Waals surface area (Å²) in [4.78, 5) is 14.0. The second-order valence-corrected chi connectivity index (χ2v) is 15.2. The molecule has 2 bridgehead atoms. The molecule has 2 N–H and O–H groups in total. The number of hydrogen-bond acceptors (Lipinski definition) is 9. The number of anilines is 1. The number of fused-ring (bicyclic) bond motifs is 4. The first kappa shape index (κ1) is 30.6. The second-order valence-electron chi connectivity index (χ2n) is 13.9. The lowest BCUT2D eigenvalue weighted by Crippen LogP contribution is -2.52. The van der Waals surface area contributed by atoms with Crippen LogP contribution in [-0.2, 0) is 11.4 Å². The van der Waals surface area contributed by atoms with Gasteiger partial charge < -0.3 is 29.5 Å². The number of piperazine rings is 1. The minimum atomic E-state index is -3.11. The van der Waals surface area contributed by atoms with Gasteiger partial charge in [-0.15, -0.1) is 6.42 Å². The maximum Gasteiger partial charge on any atom is 0.319 e. The molecule has 5 aliphatic rings. The molecule has 2 saturated carbocycles. The van der Waals surface area contributed by atoms with Crippen molar-refractivity contribution in [3.63, 3.8) is 0 Å². The fourth-order valence-electron chi connectivity index (χ4n) is 7.44. The molecule has 2 aromatic carbocycles. The molecule has 4 unspecified atom stereocenters. The molecule has 2 aliphatic carbocycles. The number of aromatic nitrogens is 2. The average molecular weight is 665 g/mol. The van der Waals surface area contributed by atoms with Gasteiger partial charge in [-0.05, 0) is 69.4 Å². The number of benzene rings is 2. The Labute approximate surface area is 274 Å². The number of phenols is 1. The Bertz CT molecular complexity index is 1850. The van der Waals surface area contributed by atoms with Gasteiger partial charge in [-0.1, -0.05) is 12.0 Å². The van der Waals surface area contributed by atoms with Crippen LogP contribution in [0.2, 0.25) is 0 Å². The Morgan fingerprint density at radius 3 is 2.55 bits per heavy atom. The quantitative estimate of drug-likeness (QED) is 0.269. The number of aromatic hydroxyl groups is 1. The zero-order valence-electron chi connectivity index (χ0n) is 26.1. The lowest BCUT2D eigenvalue weighted by atomic mass is 9.96. The van der Waals surface area contributed by atoms with E-state index in [9.17, 15) is 18.4 Å². The molecule has 47 heavy (non-hydrogen) atoms. The molecule has 1 aromatic heterocycles. The monoisotopic (exact) mass is 664 g/mol. The molecule has 0 radical (unpaired) electrons. The number of alkyl halides is 2. The van der Waals surface area contributed by atoms with Crippen LogP contribution in [-0.4, -0.2) is 93.2 Å². The highest BCUT2D eigenvalue weighted by atomic mass is 32.2. The van der Waals surface area contributed by atoms with Crippen LogP contribution in [0.3, 0.4) is 0 Å². The van der Waals surface area contributed by atoms with Crippen LogP contribution >= 0.6 is 0 Å². The normalized spacial score (nSPS) is 26.6. The van der Waals surface area contributed by atoms with Gasteiger partial charge >= 0.3 is 6.01 Å². The first-order valence-electron chi connectivity index (χ1n) is 15.9. The zero-order valence-corrected chi connectivity index (χ0v) is 26.9. The number of rotatable bonds is 8. The van der Waals surface area contributed by atoms with E-state index in [0.29, 0.717) is 30.9 Å². The molecule has 2 saturated heterocycles. The smallest absolute Gasteiger partial charge is 0.319 e. The summed E-state index contributed by atoms with van der Waals surface area (Å²) in [6.45, 7) is 2.47. The van der Waals surface area contributed by atoms with E-state index in [-0.39, 0.29) is 62.1 Å². The van der Waals surface area contributed by atoms with Crippen molar-refractivity contribution in [3.05, 3.63) is 46.9 Å². The molecular formula is C34H35F3N6O3S. The largest absolute Gasteiger partial charge is 0.588 e. The van der Waals surface area contributed by atoms with E-state index in [1.807, 2.05) is 14.1 Å². The topological polar surface area (TPSA) is 100 Å². The van der Waals surface area contributed by atoms with Crippen molar-refractivity contribution in [2.75, 3.05) is 45.2 Å². The van der Waals surface area contributed by atoms with E-state index in [4.69, 9.17) is 21.1 Å². The van der Waals surface area contributed by atoms with Gasteiger partial charge in [-0.25, -0.2) is 13.2 Å². The minimum Gasteiger partial charge on any atom is -0.588 e. The van der Waals surface area contributed by atoms with E-state index in [0.717, 1.165) is 32.2 Å². The molecule has 246 valence electrons. The van der Waals surface area contributed by atoms with E-state index in [2.05, 4.69) is 21.0 Å². The van der Waals surface area contributed by atoms with Crippen LogP contribution in [0.5, 0.6) is 11.8 Å². The van der Waals surface area contributed by atoms with Gasteiger partial charge in [0.15, 0.2) is 5.82 Å². The number of terminal acetylenes is 1. The molecule has 13 heteroatoms. The number of nitrogens with zero attached hydrogens (tertiary/aromatic N) is 5. The fourth-order valence-corrected chi connectivity index (χ4v) is 9.04. The van der Waals surface area contributed by atoms with Gasteiger partial charge in [0, 0.05) is 54.5 Å². The third-order valence-electron chi connectivity index (χ3n) is 9.90. The van der Waals surface area contributed by atoms with Crippen molar-refractivity contribution < 1.29 is 27.6 Å². The van der Waals surface area contributed by atoms with Crippen LogP contribution in [0.4, 0.5) is 19.0 Å². The van der Waals surface area contributed by atoms with Gasteiger partial charge in [0.2, 0.25) is 4.90 Å². The van der Waals surface area contributed by atoms with Crippen molar-refractivity contribution in [2.45, 2.75) is 61.0 Å². The number of halogens is 3. The van der Waals surface area contributed by atoms with Crippen molar-refractivity contribution in [1.82, 2.24) is 24.5 Å². The predicted molar refractivity (Wildman–Crippen MR) is 173 cm³/mol. The third-order valence-corrected chi connectivity index (χ3v) is 11.4. The molecule has 8 rings (SSSR count). The SMILES string of the molecule is C#Cc1c(F)ccc2cc(O)cc(C3=Cc4nc(OCC5(CN(C)C)CC5)nc(N5CC6CCC(C5)N6)c4[S+]([O-])N3C3CC3(F)F)c12. The van der Waals surface area contributed by atoms with Crippen molar-refractivity contribution in [2.24, 2.45) is 5.41 Å². The first-order chi connectivity index (χ1) is 22.4. The Morgan fingerprint density at radius 2 is 1.91 bits per heavy atom. The first-order valence-corrected chi connectivity index (χ1v) is 17.0. The third kappa shape index (κ3) is 5.35. The van der Waals surface area contributed by atoms with Gasteiger partial charge in [0.05, 0.1) is 17.9 Å². The highest BCUT2D eigenvalue weighted by molar-refractivity contribution is 7.89. The summed E-state index contributed by atoms with van der Waals surface area (Å²) < 4.78 is 67.1.